The summed E-state index contributed by atoms with van der Waals surface area (Å²) in [7, 11) is 0. The number of carbonyl (C=O) groups is 1. The molecule has 0 saturated heterocycles. The van der Waals surface area contributed by atoms with Crippen LogP contribution in [0.3, 0.4) is 0 Å². The molecule has 6 nitrogen and oxygen atoms in total. The molecule has 1 saturated carbocycles. The van der Waals surface area contributed by atoms with Gasteiger partial charge in [-0.1, -0.05) is 31.0 Å². The van der Waals surface area contributed by atoms with E-state index in [0.717, 1.165) is 23.0 Å². The summed E-state index contributed by atoms with van der Waals surface area (Å²) >= 11 is 1.44. The molecular formula is C19H27N5OS. The number of rotatable bonds is 6. The smallest absolute Gasteiger partial charge is 0.233 e. The third kappa shape index (κ3) is 4.84. The minimum atomic E-state index is -0.188. The summed E-state index contributed by atoms with van der Waals surface area (Å²) in [5.74, 6) is 1.41. The Hall–Kier alpha value is -1.89. The summed E-state index contributed by atoms with van der Waals surface area (Å²) in [6.07, 6.45) is 6.40. The Balaban J connectivity index is 1.52. The van der Waals surface area contributed by atoms with Crippen LogP contribution in [0.1, 0.15) is 50.4 Å². The second-order valence-corrected chi connectivity index (χ2v) is 8.44. The van der Waals surface area contributed by atoms with Crippen LogP contribution in [0.5, 0.6) is 0 Å². The molecule has 1 amide bonds. The minimum Gasteiger partial charge on any atom is -0.355 e. The Morgan fingerprint density at radius 3 is 2.65 bits per heavy atom. The van der Waals surface area contributed by atoms with Crippen molar-refractivity contribution in [2.45, 2.75) is 63.2 Å². The molecule has 2 aromatic rings. The number of amides is 1. The SMILES string of the molecule is Cc1cc(C)n(-c2ccc(S[C@@H](C)C(=O)NCC3CCCCC3)nn2)n1. The molecule has 0 unspecified atom stereocenters. The minimum absolute atomic E-state index is 0.0741. The molecule has 7 heteroatoms. The molecule has 2 heterocycles. The summed E-state index contributed by atoms with van der Waals surface area (Å²) in [5.41, 5.74) is 1.97. The third-order valence-electron chi connectivity index (χ3n) is 4.81. The maximum absolute atomic E-state index is 12.3. The highest BCUT2D eigenvalue weighted by atomic mass is 32.2. The number of hydrogen-bond donors (Lipinski definition) is 1. The third-order valence-corrected chi connectivity index (χ3v) is 5.84. The van der Waals surface area contributed by atoms with E-state index in [4.69, 9.17) is 0 Å². The molecule has 1 aliphatic rings. The van der Waals surface area contributed by atoms with Crippen molar-refractivity contribution in [3.05, 3.63) is 29.6 Å². The number of carbonyl (C=O) groups excluding carboxylic acids is 1. The van der Waals surface area contributed by atoms with Gasteiger partial charge in [0.2, 0.25) is 5.91 Å². The van der Waals surface area contributed by atoms with Crippen LogP contribution < -0.4 is 5.32 Å². The maximum Gasteiger partial charge on any atom is 0.233 e. The first-order valence-corrected chi connectivity index (χ1v) is 10.2. The number of aryl methyl sites for hydroxylation is 2. The highest BCUT2D eigenvalue weighted by Gasteiger charge is 2.19. The second kappa shape index (κ2) is 8.66. The molecule has 26 heavy (non-hydrogen) atoms. The van der Waals surface area contributed by atoms with Gasteiger partial charge in [-0.05, 0) is 57.7 Å². The van der Waals surface area contributed by atoms with Gasteiger partial charge in [-0.15, -0.1) is 10.2 Å². The normalized spacial score (nSPS) is 16.4. The Labute approximate surface area is 159 Å². The molecule has 0 aromatic carbocycles. The average Bonchev–Trinajstić information content (AvgIpc) is 2.99. The van der Waals surface area contributed by atoms with Gasteiger partial charge in [0.05, 0.1) is 10.9 Å². The predicted molar refractivity (Wildman–Crippen MR) is 104 cm³/mol. The van der Waals surface area contributed by atoms with Crippen molar-refractivity contribution in [2.24, 2.45) is 5.92 Å². The molecule has 0 bridgehead atoms. The Morgan fingerprint density at radius 1 is 1.27 bits per heavy atom. The van der Waals surface area contributed by atoms with E-state index in [2.05, 4.69) is 20.6 Å². The van der Waals surface area contributed by atoms with Crippen molar-refractivity contribution in [3.8, 4) is 5.82 Å². The Kier molecular flexibility index (Phi) is 6.29. The molecule has 1 fully saturated rings. The molecule has 1 atom stereocenters. The number of nitrogens with one attached hydrogen (secondary N) is 1. The lowest BCUT2D eigenvalue weighted by atomic mass is 9.89. The van der Waals surface area contributed by atoms with Gasteiger partial charge in [0, 0.05) is 12.2 Å². The van der Waals surface area contributed by atoms with Gasteiger partial charge in [-0.2, -0.15) is 5.10 Å². The van der Waals surface area contributed by atoms with Crippen LogP contribution in [0.2, 0.25) is 0 Å². The highest BCUT2D eigenvalue weighted by molar-refractivity contribution is 8.00. The monoisotopic (exact) mass is 373 g/mol. The van der Waals surface area contributed by atoms with Gasteiger partial charge in [0.25, 0.3) is 0 Å². The van der Waals surface area contributed by atoms with Crippen LogP contribution >= 0.6 is 11.8 Å². The molecule has 1 aliphatic carbocycles. The van der Waals surface area contributed by atoms with E-state index in [0.29, 0.717) is 11.7 Å². The van der Waals surface area contributed by atoms with E-state index in [1.54, 1.807) is 4.68 Å². The summed E-state index contributed by atoms with van der Waals surface area (Å²) in [5, 5.41) is 16.6. The first-order valence-electron chi connectivity index (χ1n) is 9.34. The van der Waals surface area contributed by atoms with Gasteiger partial charge >= 0.3 is 0 Å². The Morgan fingerprint density at radius 2 is 2.04 bits per heavy atom. The largest absolute Gasteiger partial charge is 0.355 e. The van der Waals surface area contributed by atoms with E-state index in [-0.39, 0.29) is 11.2 Å². The van der Waals surface area contributed by atoms with Crippen LogP contribution in [0.25, 0.3) is 5.82 Å². The highest BCUT2D eigenvalue weighted by Crippen LogP contribution is 2.24. The fraction of sp³-hybridized carbons (Fsp3) is 0.579. The standard InChI is InChI=1S/C19H27N5OS/c1-13-11-14(2)24(23-13)17-9-10-18(22-21-17)26-15(3)19(25)20-12-16-7-5-4-6-8-16/h9-11,15-16H,4-8,12H2,1-3H3,(H,20,25)/t15-/m0/s1. The van der Waals surface area contributed by atoms with Gasteiger partial charge in [-0.3, -0.25) is 4.79 Å². The molecule has 0 spiro atoms. The van der Waals surface area contributed by atoms with Gasteiger partial charge in [0.15, 0.2) is 5.82 Å². The van der Waals surface area contributed by atoms with E-state index < -0.39 is 0 Å². The van der Waals surface area contributed by atoms with Crippen molar-refractivity contribution >= 4 is 17.7 Å². The van der Waals surface area contributed by atoms with Crippen molar-refractivity contribution < 1.29 is 4.79 Å². The summed E-state index contributed by atoms with van der Waals surface area (Å²) in [6.45, 7) is 6.65. The molecule has 0 radical (unpaired) electrons. The van der Waals surface area contributed by atoms with Crippen LogP contribution in [0.15, 0.2) is 23.2 Å². The molecule has 3 rings (SSSR count). The van der Waals surface area contributed by atoms with E-state index in [1.807, 2.05) is 39.0 Å². The average molecular weight is 374 g/mol. The van der Waals surface area contributed by atoms with Crippen molar-refractivity contribution in [1.29, 1.82) is 0 Å². The Bertz CT molecular complexity index is 737. The van der Waals surface area contributed by atoms with Gasteiger partial charge < -0.3 is 5.32 Å². The number of thioether (sulfide) groups is 1. The lowest BCUT2D eigenvalue weighted by molar-refractivity contribution is -0.120. The lowest BCUT2D eigenvalue weighted by Gasteiger charge is -2.22. The van der Waals surface area contributed by atoms with E-state index in [9.17, 15) is 4.79 Å². The fourth-order valence-corrected chi connectivity index (χ4v) is 4.15. The van der Waals surface area contributed by atoms with Crippen LogP contribution in [0, 0.1) is 19.8 Å². The van der Waals surface area contributed by atoms with Crippen LogP contribution in [-0.2, 0) is 4.79 Å². The predicted octanol–water partition coefficient (Wildman–Crippen LogP) is 3.46. The topological polar surface area (TPSA) is 72.7 Å². The van der Waals surface area contributed by atoms with Crippen molar-refractivity contribution in [1.82, 2.24) is 25.3 Å². The number of aromatic nitrogens is 4. The summed E-state index contributed by atoms with van der Waals surface area (Å²) in [4.78, 5) is 12.3. The molecule has 2 aromatic heterocycles. The number of nitrogens with zero attached hydrogens (tertiary/aromatic N) is 4. The zero-order valence-corrected chi connectivity index (χ0v) is 16.6. The zero-order chi connectivity index (χ0) is 18.5. The molecule has 1 N–H and O–H groups in total. The molecular weight excluding hydrogens is 346 g/mol. The lowest BCUT2D eigenvalue weighted by Crippen LogP contribution is -2.35. The fourth-order valence-electron chi connectivity index (χ4n) is 3.36. The first-order chi connectivity index (χ1) is 12.5. The van der Waals surface area contributed by atoms with E-state index in [1.165, 1.54) is 43.9 Å². The quantitative estimate of drug-likeness (QED) is 0.785. The van der Waals surface area contributed by atoms with Crippen molar-refractivity contribution in [3.63, 3.8) is 0 Å². The number of hydrogen-bond acceptors (Lipinski definition) is 5. The van der Waals surface area contributed by atoms with Gasteiger partial charge in [-0.25, -0.2) is 4.68 Å². The van der Waals surface area contributed by atoms with Gasteiger partial charge in [0.1, 0.15) is 5.03 Å². The summed E-state index contributed by atoms with van der Waals surface area (Å²) < 4.78 is 1.77. The molecule has 0 aliphatic heterocycles. The zero-order valence-electron chi connectivity index (χ0n) is 15.7. The maximum atomic E-state index is 12.3. The van der Waals surface area contributed by atoms with Crippen LogP contribution in [-0.4, -0.2) is 37.7 Å². The van der Waals surface area contributed by atoms with E-state index >= 15 is 0 Å². The first kappa shape index (κ1) is 18.9. The second-order valence-electron chi connectivity index (χ2n) is 7.08. The molecule has 140 valence electrons. The van der Waals surface area contributed by atoms with Crippen LogP contribution in [0.4, 0.5) is 0 Å². The summed E-state index contributed by atoms with van der Waals surface area (Å²) in [6, 6.07) is 5.79. The van der Waals surface area contributed by atoms with Crippen molar-refractivity contribution in [2.75, 3.05) is 6.54 Å².